The van der Waals surface area contributed by atoms with Crippen LogP contribution >= 0.6 is 0 Å². The molecule has 440 valence electrons. The predicted molar refractivity (Wildman–Crippen MR) is 399 cm³/mol. The normalized spacial score (nSPS) is 11.6. The van der Waals surface area contributed by atoms with Gasteiger partial charge in [-0.2, -0.15) is 0 Å². The van der Waals surface area contributed by atoms with Crippen LogP contribution in [-0.4, -0.2) is 9.13 Å². The van der Waals surface area contributed by atoms with Crippen molar-refractivity contribution in [3.63, 3.8) is 0 Å². The van der Waals surface area contributed by atoms with Crippen LogP contribution in [0.15, 0.2) is 364 Å². The third-order valence-corrected chi connectivity index (χ3v) is 19.0. The van der Waals surface area contributed by atoms with Crippen molar-refractivity contribution in [2.75, 3.05) is 9.80 Å². The summed E-state index contributed by atoms with van der Waals surface area (Å²) < 4.78 is 4.76. The van der Waals surface area contributed by atoms with Gasteiger partial charge in [-0.1, -0.05) is 224 Å². The molecule has 2 aromatic heterocycles. The molecule has 0 atom stereocenters. The number of para-hydroxylation sites is 5. The van der Waals surface area contributed by atoms with E-state index >= 15 is 0 Å². The van der Waals surface area contributed by atoms with E-state index < -0.39 is 0 Å². The van der Waals surface area contributed by atoms with Crippen molar-refractivity contribution in [2.45, 2.75) is 0 Å². The highest BCUT2D eigenvalue weighted by Crippen LogP contribution is 2.46. The van der Waals surface area contributed by atoms with E-state index in [9.17, 15) is 0 Å². The first-order valence-electron chi connectivity index (χ1n) is 32.3. The molecule has 0 spiro atoms. The molecule has 0 fully saturated rings. The smallest absolute Gasteiger partial charge is 0.0542 e. The van der Waals surface area contributed by atoms with E-state index in [0.717, 1.165) is 73.3 Å². The summed E-state index contributed by atoms with van der Waals surface area (Å²) in [7, 11) is 0. The van der Waals surface area contributed by atoms with Crippen molar-refractivity contribution >= 4 is 110 Å². The summed E-state index contributed by atoms with van der Waals surface area (Å²) in [5.41, 5.74) is 22.8. The van der Waals surface area contributed by atoms with Crippen LogP contribution in [-0.2, 0) is 0 Å². The Morgan fingerprint density at radius 3 is 1.12 bits per heavy atom. The molecule has 4 heteroatoms. The summed E-state index contributed by atoms with van der Waals surface area (Å²) in [5.74, 6) is 0. The molecule has 0 radical (unpaired) electrons. The van der Waals surface area contributed by atoms with E-state index in [0.29, 0.717) is 0 Å². The maximum absolute atomic E-state index is 2.43. The van der Waals surface area contributed by atoms with Crippen molar-refractivity contribution in [1.29, 1.82) is 0 Å². The minimum atomic E-state index is 1.06. The number of nitrogens with zero attached hydrogens (tertiary/aromatic N) is 4. The molecule has 0 N–H and O–H groups in total. The van der Waals surface area contributed by atoms with E-state index in [1.165, 1.54) is 92.7 Å². The van der Waals surface area contributed by atoms with E-state index in [1.54, 1.807) is 0 Å². The fourth-order valence-corrected chi connectivity index (χ4v) is 14.7. The third kappa shape index (κ3) is 9.38. The first-order chi connectivity index (χ1) is 46.6. The summed E-state index contributed by atoms with van der Waals surface area (Å²) in [6.45, 7) is 0. The van der Waals surface area contributed by atoms with E-state index in [-0.39, 0.29) is 0 Å². The Kier molecular flexibility index (Phi) is 13.2. The van der Waals surface area contributed by atoms with Gasteiger partial charge in [-0.05, 0) is 216 Å². The summed E-state index contributed by atoms with van der Waals surface area (Å²) in [6.07, 6.45) is 0. The van der Waals surface area contributed by atoms with Crippen molar-refractivity contribution in [3.8, 4) is 55.9 Å². The molecule has 0 saturated heterocycles. The molecule has 0 saturated carbocycles. The molecule has 2 heterocycles. The van der Waals surface area contributed by atoms with Gasteiger partial charge in [0.1, 0.15) is 0 Å². The van der Waals surface area contributed by atoms with Crippen LogP contribution in [0.5, 0.6) is 0 Å². The standard InChI is InChI=1S/C90H60N4/c1-4-26-69(27-5-1)91(75-50-53-89-85(59-75)82-35-14-16-39-87(82)93(89)70-28-6-2-7-29-70)72-46-41-61(42-47-72)62-43-48-73(49-44-62)92(76-51-54-90-86(60-76)83-36-15-17-40-88(83)94(90)71-30-8-3-9-31-71)74-32-18-25-65(57-74)66-45-52-80-67(55-66)56-68(79-37-19-23-63-21-10-12-33-77(63)79)58-84(80)81-38-20-24-64-22-11-13-34-78(64)81/h1-60H. The molecule has 16 aromatic carbocycles. The second kappa shape index (κ2) is 22.8. The number of fused-ring (bicyclic) bond motifs is 9. The molecule has 94 heavy (non-hydrogen) atoms. The fourth-order valence-electron chi connectivity index (χ4n) is 14.7. The maximum atomic E-state index is 2.43. The van der Waals surface area contributed by atoms with Gasteiger partial charge in [-0.15, -0.1) is 0 Å². The van der Waals surface area contributed by atoms with Crippen LogP contribution in [0.25, 0.3) is 132 Å². The summed E-state index contributed by atoms with van der Waals surface area (Å²) in [5, 5.41) is 12.2. The van der Waals surface area contributed by atoms with Gasteiger partial charge in [0.25, 0.3) is 0 Å². The lowest BCUT2D eigenvalue weighted by Gasteiger charge is -2.27. The molecule has 0 aliphatic rings. The third-order valence-electron chi connectivity index (χ3n) is 19.0. The second-order valence-electron chi connectivity index (χ2n) is 24.4. The van der Waals surface area contributed by atoms with Gasteiger partial charge in [0.2, 0.25) is 0 Å². The molecule has 0 aliphatic heterocycles. The van der Waals surface area contributed by atoms with Crippen molar-refractivity contribution in [1.82, 2.24) is 9.13 Å². The SMILES string of the molecule is c1ccc(N(c2ccc(-c3ccc(N(c4cccc(-c5ccc6c(-c7cccc8ccccc78)cc(-c7cccc8ccccc78)cc6c5)c4)c4ccc5c(c4)c4ccccc4n5-c4ccccc4)cc3)cc2)c2ccc3c(c2)c2ccccc2n3-c2ccccc2)cc1. The van der Waals surface area contributed by atoms with Crippen LogP contribution in [0.3, 0.4) is 0 Å². The van der Waals surface area contributed by atoms with Crippen molar-refractivity contribution in [2.24, 2.45) is 0 Å². The molecule has 4 nitrogen and oxygen atoms in total. The Labute approximate surface area is 545 Å². The van der Waals surface area contributed by atoms with Crippen LogP contribution in [0.1, 0.15) is 0 Å². The van der Waals surface area contributed by atoms with Crippen LogP contribution in [0.4, 0.5) is 34.1 Å². The Bertz CT molecular complexity index is 5900. The molecule has 18 rings (SSSR count). The lowest BCUT2D eigenvalue weighted by atomic mass is 9.88. The molecule has 0 bridgehead atoms. The highest BCUT2D eigenvalue weighted by Gasteiger charge is 2.22. The van der Waals surface area contributed by atoms with Crippen LogP contribution in [0, 0.1) is 0 Å². The zero-order valence-electron chi connectivity index (χ0n) is 51.4. The quantitative estimate of drug-likeness (QED) is 0.121. The summed E-state index contributed by atoms with van der Waals surface area (Å²) in [4.78, 5) is 4.79. The van der Waals surface area contributed by atoms with Crippen LogP contribution in [0.2, 0.25) is 0 Å². The van der Waals surface area contributed by atoms with E-state index in [2.05, 4.69) is 383 Å². The predicted octanol–water partition coefficient (Wildman–Crippen LogP) is 24.9. The Hall–Kier alpha value is -12.5. The molecule has 0 unspecified atom stereocenters. The van der Waals surface area contributed by atoms with Gasteiger partial charge in [0.15, 0.2) is 0 Å². The lowest BCUT2D eigenvalue weighted by Crippen LogP contribution is -2.10. The largest absolute Gasteiger partial charge is 0.310 e. The monoisotopic (exact) mass is 1200 g/mol. The molecular formula is C90H60N4. The number of hydrogen-bond acceptors (Lipinski definition) is 2. The Morgan fingerprint density at radius 2 is 0.543 bits per heavy atom. The first kappa shape index (κ1) is 54.4. The number of anilines is 6. The average molecular weight is 1200 g/mol. The Morgan fingerprint density at radius 1 is 0.170 bits per heavy atom. The van der Waals surface area contributed by atoms with Gasteiger partial charge in [-0.25, -0.2) is 0 Å². The fraction of sp³-hybridized carbons (Fsp3) is 0. The number of hydrogen-bond donors (Lipinski definition) is 0. The molecule has 0 aliphatic carbocycles. The Balaban J connectivity index is 0.745. The lowest BCUT2D eigenvalue weighted by molar-refractivity contribution is 1.18. The minimum absolute atomic E-state index is 1.06. The zero-order chi connectivity index (χ0) is 62.1. The van der Waals surface area contributed by atoms with Gasteiger partial charge < -0.3 is 18.9 Å². The van der Waals surface area contributed by atoms with Crippen LogP contribution < -0.4 is 9.80 Å². The van der Waals surface area contributed by atoms with E-state index in [1.807, 2.05) is 0 Å². The van der Waals surface area contributed by atoms with Gasteiger partial charge >= 0.3 is 0 Å². The molecular weight excluding hydrogens is 1140 g/mol. The minimum Gasteiger partial charge on any atom is -0.310 e. The van der Waals surface area contributed by atoms with E-state index in [4.69, 9.17) is 0 Å². The van der Waals surface area contributed by atoms with Gasteiger partial charge in [0.05, 0.1) is 22.1 Å². The molecule has 0 amide bonds. The van der Waals surface area contributed by atoms with Crippen molar-refractivity contribution < 1.29 is 0 Å². The average Bonchev–Trinajstić information content (AvgIpc) is 1.55. The summed E-state index contributed by atoms with van der Waals surface area (Å²) >= 11 is 0. The number of benzene rings is 16. The topological polar surface area (TPSA) is 16.3 Å². The summed E-state index contributed by atoms with van der Waals surface area (Å²) in [6, 6.07) is 133. The highest BCUT2D eigenvalue weighted by atomic mass is 15.1. The number of aromatic nitrogens is 2. The highest BCUT2D eigenvalue weighted by molar-refractivity contribution is 6.13. The van der Waals surface area contributed by atoms with Gasteiger partial charge in [-0.3, -0.25) is 0 Å². The molecule has 18 aromatic rings. The zero-order valence-corrected chi connectivity index (χ0v) is 51.4. The second-order valence-corrected chi connectivity index (χ2v) is 24.4. The first-order valence-corrected chi connectivity index (χ1v) is 32.3. The van der Waals surface area contributed by atoms with Crippen molar-refractivity contribution in [3.05, 3.63) is 364 Å². The number of rotatable bonds is 12. The van der Waals surface area contributed by atoms with Gasteiger partial charge in [0, 0.05) is 67.0 Å². The maximum Gasteiger partial charge on any atom is 0.0542 e.